The molecule has 2 heterocycles. The zero-order valence-electron chi connectivity index (χ0n) is 31.0. The van der Waals surface area contributed by atoms with Gasteiger partial charge < -0.3 is 29.0 Å². The Bertz CT molecular complexity index is 2410. The molecule has 0 aliphatic rings. The molecule has 5 rings (SSSR count). The zero-order valence-corrected chi connectivity index (χ0v) is 27.5. The third kappa shape index (κ3) is 10.5. The van der Waals surface area contributed by atoms with Gasteiger partial charge in [0.05, 0.1) is 28.3 Å². The molecule has 0 fully saturated rings. The molecule has 0 radical (unpaired) electrons. The minimum atomic E-state index is -5.14. The number of hydrogen-bond acceptors (Lipinski definition) is 11. The van der Waals surface area contributed by atoms with Gasteiger partial charge in [0.15, 0.2) is 0 Å². The smallest absolute Gasteiger partial charge is 0.472 e. The monoisotopic (exact) mass is 740 g/mol. The molecule has 3 aromatic carbocycles. The van der Waals surface area contributed by atoms with Gasteiger partial charge in [-0.2, -0.15) is 0 Å². The number of carbonyl (C=O) groups excluding carboxylic acids is 1. The Morgan fingerprint density at radius 1 is 1.12 bits per heavy atom. The Morgan fingerprint density at radius 2 is 1.94 bits per heavy atom. The molecular formula is C31H29ClFN4O10PS. The van der Waals surface area contributed by atoms with Crippen LogP contribution in [0.2, 0.25) is 5.02 Å². The van der Waals surface area contributed by atoms with Crippen LogP contribution in [0.4, 0.5) is 20.7 Å². The van der Waals surface area contributed by atoms with Crippen molar-refractivity contribution >= 4 is 57.8 Å². The SMILES string of the molecule is [2H]C([2H])(Oc1ccc(Nc2ncnc3ccc(-c4ccc(CN(C(=O)OCOP(=O)(O)O)C([2H])([2H])C([2H])([2H])S(C)(=O)=O)o4)cc23)cc1Cl)c1cccc(F)c1. The highest BCUT2D eigenvalue weighted by molar-refractivity contribution is 7.90. The van der Waals surface area contributed by atoms with Gasteiger partial charge in [-0.1, -0.05) is 23.7 Å². The van der Waals surface area contributed by atoms with E-state index in [1.165, 1.54) is 48.8 Å². The Hall–Kier alpha value is -4.57. The second kappa shape index (κ2) is 15.3. The Morgan fingerprint density at radius 3 is 2.67 bits per heavy atom. The molecule has 5 aromatic rings. The minimum absolute atomic E-state index is 0.0215. The lowest BCUT2D eigenvalue weighted by Crippen LogP contribution is -2.35. The Kier molecular flexibility index (Phi) is 8.85. The molecule has 49 heavy (non-hydrogen) atoms. The second-order valence-corrected chi connectivity index (χ2v) is 13.3. The summed E-state index contributed by atoms with van der Waals surface area (Å²) in [5.41, 5.74) is -2.45. The minimum Gasteiger partial charge on any atom is -0.487 e. The molecule has 258 valence electrons. The number of phosphoric acid groups is 1. The predicted octanol–water partition coefficient (Wildman–Crippen LogP) is 6.05. The number of anilines is 2. The summed E-state index contributed by atoms with van der Waals surface area (Å²) in [7, 11) is -9.96. The van der Waals surface area contributed by atoms with Crippen molar-refractivity contribution in [1.82, 2.24) is 14.9 Å². The fourth-order valence-electron chi connectivity index (χ4n) is 4.06. The van der Waals surface area contributed by atoms with E-state index >= 15 is 0 Å². The van der Waals surface area contributed by atoms with E-state index in [1.54, 1.807) is 24.3 Å². The molecule has 0 atom stereocenters. The standard InChI is InChI=1S/C31H29ClFN4O10PS/c1-49(42,43)12-11-37(31(38)45-19-46-48(39,40)41)16-24-7-10-28(47-24)21-5-8-27-25(14-21)30(35-18-34-27)36-23-6-9-29(26(32)15-23)44-17-20-3-2-4-22(33)13-20/h2-10,13-15,18H,11-12,16-17,19H2,1H3,(H,34,35,36)(H2,39,40,41)/i11D2,12D2,17D2. The van der Waals surface area contributed by atoms with E-state index < -0.39 is 61.7 Å². The Labute approximate surface area is 293 Å². The van der Waals surface area contributed by atoms with E-state index in [2.05, 4.69) is 24.5 Å². The van der Waals surface area contributed by atoms with Crippen LogP contribution in [-0.2, 0) is 36.8 Å². The first-order valence-electron chi connectivity index (χ1n) is 16.7. The predicted molar refractivity (Wildman–Crippen MR) is 177 cm³/mol. The highest BCUT2D eigenvalue weighted by Gasteiger charge is 2.22. The quantitative estimate of drug-likeness (QED) is 0.0881. The molecule has 0 saturated heterocycles. The number of aromatic nitrogens is 2. The van der Waals surface area contributed by atoms with Crippen LogP contribution in [-0.4, -0.2) is 64.4 Å². The average molecular weight is 741 g/mol. The van der Waals surface area contributed by atoms with Gasteiger partial charge in [-0.3, -0.25) is 4.90 Å². The van der Waals surface area contributed by atoms with Gasteiger partial charge in [-0.25, -0.2) is 36.7 Å². The summed E-state index contributed by atoms with van der Waals surface area (Å²) in [4.78, 5) is 39.2. The van der Waals surface area contributed by atoms with E-state index in [4.69, 9.17) is 38.8 Å². The lowest BCUT2D eigenvalue weighted by atomic mass is 10.1. The average Bonchev–Trinajstić information content (AvgIpc) is 3.56. The number of phosphoric ester groups is 1. The Balaban J connectivity index is 1.39. The van der Waals surface area contributed by atoms with Crippen molar-refractivity contribution in [2.75, 3.05) is 30.6 Å². The molecule has 18 heteroatoms. The van der Waals surface area contributed by atoms with Gasteiger partial charge in [0.25, 0.3) is 0 Å². The normalized spacial score (nSPS) is 14.5. The van der Waals surface area contributed by atoms with Crippen LogP contribution in [0.1, 0.15) is 19.5 Å². The summed E-state index contributed by atoms with van der Waals surface area (Å²) in [6.07, 6.45) is -0.0181. The van der Waals surface area contributed by atoms with Crippen molar-refractivity contribution < 1.29 is 58.6 Å². The molecule has 2 aromatic heterocycles. The number of rotatable bonds is 14. The molecule has 0 spiro atoms. The first-order valence-corrected chi connectivity index (χ1v) is 17.5. The van der Waals surface area contributed by atoms with Crippen molar-refractivity contribution in [3.8, 4) is 17.1 Å². The van der Waals surface area contributed by atoms with E-state index in [-0.39, 0.29) is 32.8 Å². The third-order valence-corrected chi connectivity index (χ3v) is 7.38. The number of nitrogens with one attached hydrogen (secondary N) is 1. The van der Waals surface area contributed by atoms with E-state index in [9.17, 15) is 22.2 Å². The van der Waals surface area contributed by atoms with Gasteiger partial charge in [0, 0.05) is 32.1 Å². The van der Waals surface area contributed by atoms with Crippen LogP contribution in [0, 0.1) is 5.82 Å². The van der Waals surface area contributed by atoms with Gasteiger partial charge in [-0.15, -0.1) is 0 Å². The third-order valence-electron chi connectivity index (χ3n) is 6.18. The first-order chi connectivity index (χ1) is 25.5. The lowest BCUT2D eigenvalue weighted by Gasteiger charge is -2.20. The number of nitrogens with zero attached hydrogens (tertiary/aromatic N) is 3. The van der Waals surface area contributed by atoms with E-state index in [0.29, 0.717) is 34.2 Å². The van der Waals surface area contributed by atoms with Gasteiger partial charge >= 0.3 is 13.9 Å². The summed E-state index contributed by atoms with van der Waals surface area (Å²) in [5.74, 6) is -0.403. The number of furan rings is 1. The summed E-state index contributed by atoms with van der Waals surface area (Å²) in [6, 6.07) is 16.9. The number of halogens is 2. The maximum absolute atomic E-state index is 13.7. The van der Waals surface area contributed by atoms with Crippen LogP contribution in [0.5, 0.6) is 5.75 Å². The highest BCUT2D eigenvalue weighted by Crippen LogP contribution is 2.36. The van der Waals surface area contributed by atoms with Crippen LogP contribution >= 0.6 is 19.4 Å². The summed E-state index contributed by atoms with van der Waals surface area (Å²) in [6.45, 7) is -8.32. The molecule has 1 amide bonds. The molecule has 0 aliphatic heterocycles. The van der Waals surface area contributed by atoms with Gasteiger partial charge in [0.1, 0.15) is 51.6 Å². The molecule has 3 N–H and O–H groups in total. The van der Waals surface area contributed by atoms with Crippen molar-refractivity contribution in [2.24, 2.45) is 0 Å². The van der Waals surface area contributed by atoms with Crippen LogP contribution in [0.15, 0.2) is 83.5 Å². The second-order valence-electron chi connectivity index (χ2n) is 9.92. The van der Waals surface area contributed by atoms with Gasteiger partial charge in [-0.05, 0) is 66.2 Å². The van der Waals surface area contributed by atoms with E-state index in [0.717, 1.165) is 6.07 Å². The highest BCUT2D eigenvalue weighted by atomic mass is 35.5. The number of fused-ring (bicyclic) bond motifs is 1. The number of carbonyl (C=O) groups is 1. The fraction of sp³-hybridized carbons (Fsp3) is 0.194. The van der Waals surface area contributed by atoms with Crippen molar-refractivity contribution in [3.63, 3.8) is 0 Å². The topological polar surface area (TPSA) is 191 Å². The number of benzene rings is 3. The fourth-order valence-corrected chi connectivity index (χ4v) is 4.74. The largest absolute Gasteiger partial charge is 0.487 e. The first kappa shape index (κ1) is 28.3. The van der Waals surface area contributed by atoms with Gasteiger partial charge in [0.2, 0.25) is 6.79 Å². The van der Waals surface area contributed by atoms with Crippen LogP contribution in [0.25, 0.3) is 22.2 Å². The lowest BCUT2D eigenvalue weighted by molar-refractivity contribution is 0.0191. The maximum atomic E-state index is 13.7. The molecule has 14 nitrogen and oxygen atoms in total. The van der Waals surface area contributed by atoms with Crippen molar-refractivity contribution in [2.45, 2.75) is 13.1 Å². The summed E-state index contributed by atoms with van der Waals surface area (Å²) in [5, 5.41) is 3.58. The van der Waals surface area contributed by atoms with E-state index in [1.807, 2.05) is 0 Å². The number of hydrogen-bond donors (Lipinski definition) is 3. The van der Waals surface area contributed by atoms with Crippen LogP contribution < -0.4 is 10.1 Å². The number of amides is 1. The van der Waals surface area contributed by atoms with Crippen molar-refractivity contribution in [3.05, 3.63) is 101 Å². The zero-order chi connectivity index (χ0) is 40.6. The van der Waals surface area contributed by atoms with Crippen LogP contribution in [0.3, 0.4) is 0 Å². The molecule has 0 saturated carbocycles. The number of ether oxygens (including phenoxy) is 2. The summed E-state index contributed by atoms with van der Waals surface area (Å²) >= 11 is 6.42. The summed E-state index contributed by atoms with van der Waals surface area (Å²) < 4.78 is 118. The number of sulfone groups is 1. The van der Waals surface area contributed by atoms with Crippen molar-refractivity contribution in [1.29, 1.82) is 0 Å². The molecule has 0 bridgehead atoms. The molecule has 0 unspecified atom stereocenters. The molecular weight excluding hydrogens is 706 g/mol. The maximum Gasteiger partial charge on any atom is 0.472 e. The molecule has 0 aliphatic carbocycles.